The van der Waals surface area contributed by atoms with E-state index < -0.39 is 10.0 Å². The van der Waals surface area contributed by atoms with Gasteiger partial charge < -0.3 is 0 Å². The van der Waals surface area contributed by atoms with Gasteiger partial charge in [-0.3, -0.25) is 0 Å². The maximum atomic E-state index is 12.7. The summed E-state index contributed by atoms with van der Waals surface area (Å²) in [7, 11) is -3.40. The van der Waals surface area contributed by atoms with Crippen molar-refractivity contribution in [2.24, 2.45) is 0 Å². The van der Waals surface area contributed by atoms with Crippen molar-refractivity contribution in [1.29, 1.82) is 0 Å². The summed E-state index contributed by atoms with van der Waals surface area (Å²) < 4.78 is 27.1. The smallest absolute Gasteiger partial charge is 0.207 e. The highest BCUT2D eigenvalue weighted by atomic mass is 32.2. The summed E-state index contributed by atoms with van der Waals surface area (Å²) in [5, 5.41) is 0. The van der Waals surface area contributed by atoms with Crippen molar-refractivity contribution in [3.8, 4) is 11.1 Å². The lowest BCUT2D eigenvalue weighted by molar-refractivity contribution is 0.217. The van der Waals surface area contributed by atoms with Crippen LogP contribution in [0, 0.1) is 0 Å². The molecule has 0 radical (unpaired) electrons. The summed E-state index contributed by atoms with van der Waals surface area (Å²) in [6, 6.07) is 17.0. The molecule has 2 aromatic rings. The minimum absolute atomic E-state index is 0.101. The van der Waals surface area contributed by atoms with E-state index in [1.54, 1.807) is 16.4 Å². The largest absolute Gasteiger partial charge is 0.243 e. The Morgan fingerprint density at radius 2 is 1.65 bits per heavy atom. The summed E-state index contributed by atoms with van der Waals surface area (Å²) in [5.41, 5.74) is 1.70. The van der Waals surface area contributed by atoms with E-state index in [2.05, 4.69) is 0 Å². The molecule has 1 atom stereocenters. The van der Waals surface area contributed by atoms with Gasteiger partial charge in [-0.1, -0.05) is 48.5 Å². The van der Waals surface area contributed by atoms with Crippen LogP contribution >= 0.6 is 0 Å². The van der Waals surface area contributed by atoms with Gasteiger partial charge in [0.2, 0.25) is 10.0 Å². The van der Waals surface area contributed by atoms with Gasteiger partial charge in [-0.15, -0.1) is 0 Å². The zero-order valence-corrected chi connectivity index (χ0v) is 12.2. The molecule has 1 fully saturated rings. The third-order valence-electron chi connectivity index (χ3n) is 3.82. The average molecular weight is 287 g/mol. The number of benzene rings is 2. The van der Waals surface area contributed by atoms with Crippen molar-refractivity contribution in [3.63, 3.8) is 0 Å². The zero-order chi connectivity index (χ0) is 14.2. The monoisotopic (exact) mass is 287 g/mol. The van der Waals surface area contributed by atoms with Gasteiger partial charge in [-0.2, -0.15) is 4.31 Å². The first-order valence-corrected chi connectivity index (χ1v) is 8.21. The van der Waals surface area contributed by atoms with E-state index in [0.29, 0.717) is 11.4 Å². The lowest BCUT2D eigenvalue weighted by Crippen LogP contribution is -2.49. The highest BCUT2D eigenvalue weighted by Gasteiger charge is 2.36. The van der Waals surface area contributed by atoms with Gasteiger partial charge in [0.15, 0.2) is 0 Å². The van der Waals surface area contributed by atoms with Gasteiger partial charge in [-0.05, 0) is 25.0 Å². The number of hydrogen-bond acceptors (Lipinski definition) is 2. The van der Waals surface area contributed by atoms with Gasteiger partial charge in [0, 0.05) is 18.2 Å². The molecule has 1 aliphatic rings. The van der Waals surface area contributed by atoms with E-state index in [1.807, 2.05) is 49.4 Å². The van der Waals surface area contributed by atoms with E-state index >= 15 is 0 Å². The Morgan fingerprint density at radius 3 is 2.25 bits per heavy atom. The summed E-state index contributed by atoms with van der Waals surface area (Å²) >= 11 is 0. The van der Waals surface area contributed by atoms with Crippen molar-refractivity contribution < 1.29 is 8.42 Å². The Hall–Kier alpha value is -1.65. The number of sulfonamides is 1. The molecule has 1 heterocycles. The molecule has 0 amide bonds. The van der Waals surface area contributed by atoms with Crippen LogP contribution in [0.2, 0.25) is 0 Å². The summed E-state index contributed by atoms with van der Waals surface area (Å²) in [5.74, 6) is 0. The van der Waals surface area contributed by atoms with Crippen LogP contribution in [-0.2, 0) is 10.0 Å². The molecule has 2 aromatic carbocycles. The highest BCUT2D eigenvalue weighted by Crippen LogP contribution is 2.33. The van der Waals surface area contributed by atoms with E-state index in [0.717, 1.165) is 17.5 Å². The summed E-state index contributed by atoms with van der Waals surface area (Å²) in [6.45, 7) is 2.57. The molecule has 0 N–H and O–H groups in total. The van der Waals surface area contributed by atoms with Crippen LogP contribution < -0.4 is 0 Å². The minimum atomic E-state index is -3.40. The molecule has 0 spiro atoms. The maximum Gasteiger partial charge on any atom is 0.243 e. The lowest BCUT2D eigenvalue weighted by atomic mass is 10.1. The Bertz CT molecular complexity index is 710. The molecule has 104 valence electrons. The highest BCUT2D eigenvalue weighted by molar-refractivity contribution is 7.89. The molecule has 3 rings (SSSR count). The van der Waals surface area contributed by atoms with Crippen LogP contribution in [0.4, 0.5) is 0 Å². The van der Waals surface area contributed by atoms with Crippen molar-refractivity contribution in [3.05, 3.63) is 54.6 Å². The topological polar surface area (TPSA) is 37.4 Å². The third-order valence-corrected chi connectivity index (χ3v) is 5.89. The van der Waals surface area contributed by atoms with E-state index in [-0.39, 0.29) is 6.04 Å². The molecule has 0 bridgehead atoms. The minimum Gasteiger partial charge on any atom is -0.207 e. The molecule has 1 saturated heterocycles. The fourth-order valence-electron chi connectivity index (χ4n) is 2.52. The molecular formula is C16H17NO2S. The van der Waals surface area contributed by atoms with Gasteiger partial charge in [-0.25, -0.2) is 8.42 Å². The Balaban J connectivity index is 2.11. The molecule has 1 unspecified atom stereocenters. The third kappa shape index (κ3) is 2.15. The van der Waals surface area contributed by atoms with Crippen LogP contribution in [-0.4, -0.2) is 25.3 Å². The van der Waals surface area contributed by atoms with Gasteiger partial charge in [0.1, 0.15) is 0 Å². The SMILES string of the molecule is CC1CCN1S(=O)(=O)c1ccccc1-c1ccccc1. The standard InChI is InChI=1S/C16H17NO2S/c1-13-11-12-17(13)20(18,19)16-10-6-5-9-15(16)14-7-3-2-4-8-14/h2-10,13H,11-12H2,1H3. The first-order valence-electron chi connectivity index (χ1n) is 6.77. The van der Waals surface area contributed by atoms with Gasteiger partial charge >= 0.3 is 0 Å². The summed E-state index contributed by atoms with van der Waals surface area (Å²) in [4.78, 5) is 0.401. The van der Waals surface area contributed by atoms with Crippen LogP contribution in [0.3, 0.4) is 0 Å². The van der Waals surface area contributed by atoms with Crippen molar-refractivity contribution >= 4 is 10.0 Å². The molecule has 1 aliphatic heterocycles. The molecule has 0 saturated carbocycles. The predicted molar refractivity (Wildman–Crippen MR) is 79.8 cm³/mol. The number of hydrogen-bond donors (Lipinski definition) is 0. The fourth-order valence-corrected chi connectivity index (χ4v) is 4.42. The second-order valence-corrected chi connectivity index (χ2v) is 6.97. The Morgan fingerprint density at radius 1 is 1.00 bits per heavy atom. The van der Waals surface area contributed by atoms with Crippen molar-refractivity contribution in [1.82, 2.24) is 4.31 Å². The van der Waals surface area contributed by atoms with Crippen molar-refractivity contribution in [2.45, 2.75) is 24.3 Å². The van der Waals surface area contributed by atoms with Gasteiger partial charge in [0.05, 0.1) is 4.90 Å². The fraction of sp³-hybridized carbons (Fsp3) is 0.250. The number of nitrogens with zero attached hydrogens (tertiary/aromatic N) is 1. The second kappa shape index (κ2) is 5.04. The average Bonchev–Trinajstić information content (AvgIpc) is 2.46. The maximum absolute atomic E-state index is 12.7. The lowest BCUT2D eigenvalue weighted by Gasteiger charge is -2.37. The quantitative estimate of drug-likeness (QED) is 0.869. The summed E-state index contributed by atoms with van der Waals surface area (Å²) in [6.07, 6.45) is 0.937. The molecular weight excluding hydrogens is 270 g/mol. The molecule has 0 aliphatic carbocycles. The Labute approximate surface area is 119 Å². The predicted octanol–water partition coefficient (Wildman–Crippen LogP) is 3.14. The first kappa shape index (κ1) is 13.3. The van der Waals surface area contributed by atoms with E-state index in [4.69, 9.17) is 0 Å². The molecule has 4 heteroatoms. The van der Waals surface area contributed by atoms with Crippen LogP contribution in [0.15, 0.2) is 59.5 Å². The van der Waals surface area contributed by atoms with Crippen LogP contribution in [0.25, 0.3) is 11.1 Å². The first-order chi connectivity index (χ1) is 9.60. The van der Waals surface area contributed by atoms with E-state index in [9.17, 15) is 8.42 Å². The van der Waals surface area contributed by atoms with Crippen molar-refractivity contribution in [2.75, 3.05) is 6.54 Å². The molecule has 20 heavy (non-hydrogen) atoms. The van der Waals surface area contributed by atoms with Gasteiger partial charge in [0.25, 0.3) is 0 Å². The zero-order valence-electron chi connectivity index (χ0n) is 11.4. The number of rotatable bonds is 3. The molecule has 0 aromatic heterocycles. The Kier molecular flexibility index (Phi) is 3.36. The van der Waals surface area contributed by atoms with Crippen LogP contribution in [0.1, 0.15) is 13.3 Å². The normalized spacial score (nSPS) is 19.6. The second-order valence-electron chi connectivity index (χ2n) is 5.12. The van der Waals surface area contributed by atoms with E-state index in [1.165, 1.54) is 0 Å². The molecule has 3 nitrogen and oxygen atoms in total. The van der Waals surface area contributed by atoms with Crippen LogP contribution in [0.5, 0.6) is 0 Å².